The molecule has 0 unspecified atom stereocenters. The highest BCUT2D eigenvalue weighted by Crippen LogP contribution is 2.25. The third-order valence-corrected chi connectivity index (χ3v) is 2.81. The number of aromatic nitrogens is 3. The molecule has 0 aliphatic rings. The minimum Gasteiger partial charge on any atom is -0.358 e. The van der Waals surface area contributed by atoms with Crippen LogP contribution in [-0.2, 0) is 0 Å². The summed E-state index contributed by atoms with van der Waals surface area (Å²) in [6.45, 7) is 0. The van der Waals surface area contributed by atoms with E-state index in [2.05, 4.69) is 20.5 Å². The van der Waals surface area contributed by atoms with Crippen molar-refractivity contribution in [1.82, 2.24) is 15.2 Å². The molecule has 2 rings (SSSR count). The third kappa shape index (κ3) is 1.56. The second-order valence-electron chi connectivity index (χ2n) is 2.76. The molecule has 0 atom stereocenters. The van der Waals surface area contributed by atoms with E-state index in [9.17, 15) is 0 Å². The molecule has 0 fully saturated rings. The number of anilines is 3. The molecule has 2 heterocycles. The van der Waals surface area contributed by atoms with Crippen molar-refractivity contribution < 1.29 is 0 Å². The van der Waals surface area contributed by atoms with E-state index in [0.717, 1.165) is 10.9 Å². The quantitative estimate of drug-likeness (QED) is 0.807. The minimum absolute atomic E-state index is 0.670. The number of hydrogen-bond donors (Lipinski definition) is 2. The molecule has 6 heteroatoms. The third-order valence-electron chi connectivity index (χ3n) is 1.87. The van der Waals surface area contributed by atoms with Gasteiger partial charge in [0.15, 0.2) is 0 Å². The van der Waals surface area contributed by atoms with Crippen molar-refractivity contribution in [2.75, 3.05) is 24.3 Å². The van der Waals surface area contributed by atoms with Crippen LogP contribution in [0.15, 0.2) is 17.5 Å². The summed E-state index contributed by atoms with van der Waals surface area (Å²) in [4.78, 5) is 5.01. The highest BCUT2D eigenvalue weighted by molar-refractivity contribution is 7.14. The Bertz CT molecular complexity index is 394. The normalized spacial score (nSPS) is 10.1. The number of thiophene rings is 1. The van der Waals surface area contributed by atoms with Crippen LogP contribution in [0.1, 0.15) is 0 Å². The van der Waals surface area contributed by atoms with Gasteiger partial charge in [-0.15, -0.1) is 21.5 Å². The maximum absolute atomic E-state index is 4.01. The van der Waals surface area contributed by atoms with Crippen LogP contribution in [0.2, 0.25) is 0 Å². The van der Waals surface area contributed by atoms with E-state index >= 15 is 0 Å². The zero-order chi connectivity index (χ0) is 9.97. The van der Waals surface area contributed by atoms with Gasteiger partial charge in [-0.05, 0) is 17.5 Å². The highest BCUT2D eigenvalue weighted by Gasteiger charge is 2.08. The van der Waals surface area contributed by atoms with Crippen LogP contribution in [-0.4, -0.2) is 29.3 Å². The van der Waals surface area contributed by atoms with E-state index < -0.39 is 0 Å². The summed E-state index contributed by atoms with van der Waals surface area (Å²) in [6.07, 6.45) is 0. The smallest absolute Gasteiger partial charge is 0.230 e. The first-order valence-corrected chi connectivity index (χ1v) is 5.07. The Morgan fingerprint density at radius 3 is 2.93 bits per heavy atom. The molecule has 0 spiro atoms. The van der Waals surface area contributed by atoms with Gasteiger partial charge in [0.25, 0.3) is 0 Å². The van der Waals surface area contributed by atoms with E-state index in [-0.39, 0.29) is 0 Å². The number of H-pyrrole nitrogens is 1. The van der Waals surface area contributed by atoms with Gasteiger partial charge in [0.05, 0.1) is 5.00 Å². The van der Waals surface area contributed by atoms with Crippen LogP contribution in [0.5, 0.6) is 0 Å². The molecule has 74 valence electrons. The molecule has 14 heavy (non-hydrogen) atoms. The maximum Gasteiger partial charge on any atom is 0.230 e. The first-order chi connectivity index (χ1) is 6.81. The second kappa shape index (κ2) is 3.67. The van der Waals surface area contributed by atoms with Gasteiger partial charge in [-0.25, -0.2) is 0 Å². The number of rotatable bonds is 3. The number of aromatic amines is 1. The monoisotopic (exact) mass is 209 g/mol. The molecule has 0 amide bonds. The fourth-order valence-corrected chi connectivity index (χ4v) is 1.78. The van der Waals surface area contributed by atoms with Crippen LogP contribution in [0.25, 0.3) is 0 Å². The highest BCUT2D eigenvalue weighted by atomic mass is 32.1. The summed E-state index contributed by atoms with van der Waals surface area (Å²) in [7, 11) is 3.75. The van der Waals surface area contributed by atoms with Gasteiger partial charge in [-0.3, -0.25) is 4.98 Å². The number of nitrogens with zero attached hydrogens (tertiary/aromatic N) is 3. The largest absolute Gasteiger partial charge is 0.358 e. The SMILES string of the molecule is CNc1nnc(N(C)c2cccs2)[nH]1. The van der Waals surface area contributed by atoms with Crippen LogP contribution in [0.3, 0.4) is 0 Å². The Morgan fingerprint density at radius 2 is 2.36 bits per heavy atom. The average Bonchev–Trinajstić information content (AvgIpc) is 2.88. The maximum atomic E-state index is 4.01. The molecule has 2 aromatic rings. The lowest BCUT2D eigenvalue weighted by atomic mass is 10.6. The van der Waals surface area contributed by atoms with Crippen molar-refractivity contribution in [3.05, 3.63) is 17.5 Å². The van der Waals surface area contributed by atoms with Crippen LogP contribution in [0.4, 0.5) is 16.9 Å². The molecule has 5 nitrogen and oxygen atoms in total. The summed E-state index contributed by atoms with van der Waals surface area (Å²) in [5.41, 5.74) is 0. The van der Waals surface area contributed by atoms with Crippen LogP contribution < -0.4 is 10.2 Å². The topological polar surface area (TPSA) is 56.8 Å². The van der Waals surface area contributed by atoms with Gasteiger partial charge in [0.2, 0.25) is 11.9 Å². The van der Waals surface area contributed by atoms with E-state index in [1.807, 2.05) is 29.5 Å². The van der Waals surface area contributed by atoms with E-state index in [4.69, 9.17) is 0 Å². The van der Waals surface area contributed by atoms with E-state index in [1.165, 1.54) is 0 Å². The average molecular weight is 209 g/mol. The van der Waals surface area contributed by atoms with Crippen LogP contribution >= 0.6 is 11.3 Å². The van der Waals surface area contributed by atoms with Crippen molar-refractivity contribution in [3.8, 4) is 0 Å². The predicted octanol–water partition coefficient (Wildman–Crippen LogP) is 1.68. The summed E-state index contributed by atoms with van der Waals surface area (Å²) < 4.78 is 0. The molecule has 0 bridgehead atoms. The number of hydrogen-bond acceptors (Lipinski definition) is 5. The van der Waals surface area contributed by atoms with Crippen LogP contribution in [0, 0.1) is 0 Å². The molecule has 0 saturated carbocycles. The Morgan fingerprint density at radius 1 is 1.50 bits per heavy atom. The van der Waals surface area contributed by atoms with Crippen molar-refractivity contribution >= 4 is 28.2 Å². The molecule has 2 aromatic heterocycles. The minimum atomic E-state index is 0.670. The summed E-state index contributed by atoms with van der Waals surface area (Å²) in [5, 5.41) is 14.0. The fourth-order valence-electron chi connectivity index (χ4n) is 1.08. The Hall–Kier alpha value is -1.56. The molecule has 0 aliphatic carbocycles. The van der Waals surface area contributed by atoms with Crippen molar-refractivity contribution in [3.63, 3.8) is 0 Å². The zero-order valence-corrected chi connectivity index (χ0v) is 8.80. The molecule has 0 saturated heterocycles. The van der Waals surface area contributed by atoms with Crippen molar-refractivity contribution in [2.24, 2.45) is 0 Å². The molecular formula is C8H11N5S. The van der Waals surface area contributed by atoms with E-state index in [1.54, 1.807) is 18.4 Å². The lowest BCUT2D eigenvalue weighted by molar-refractivity contribution is 1.04. The fraction of sp³-hybridized carbons (Fsp3) is 0.250. The zero-order valence-electron chi connectivity index (χ0n) is 7.98. The van der Waals surface area contributed by atoms with Gasteiger partial charge in [-0.1, -0.05) is 0 Å². The summed E-state index contributed by atoms with van der Waals surface area (Å²) >= 11 is 1.66. The van der Waals surface area contributed by atoms with Crippen molar-refractivity contribution in [1.29, 1.82) is 0 Å². The van der Waals surface area contributed by atoms with Gasteiger partial charge < -0.3 is 10.2 Å². The molecule has 0 aromatic carbocycles. The summed E-state index contributed by atoms with van der Waals surface area (Å²) in [5.74, 6) is 1.40. The second-order valence-corrected chi connectivity index (χ2v) is 3.68. The molecule has 2 N–H and O–H groups in total. The lowest BCUT2D eigenvalue weighted by Gasteiger charge is -2.11. The standard InChI is InChI=1S/C8H11N5S/c1-9-7-10-8(12-11-7)13(2)6-4-3-5-14-6/h3-5H,1-2H3,(H2,9,10,11,12). The first-order valence-electron chi connectivity index (χ1n) is 4.19. The summed E-state index contributed by atoms with van der Waals surface area (Å²) in [6, 6.07) is 4.04. The van der Waals surface area contributed by atoms with Crippen molar-refractivity contribution in [2.45, 2.75) is 0 Å². The van der Waals surface area contributed by atoms with Gasteiger partial charge >= 0.3 is 0 Å². The van der Waals surface area contributed by atoms with Gasteiger partial charge in [0, 0.05) is 14.1 Å². The van der Waals surface area contributed by atoms with E-state index in [0.29, 0.717) is 5.95 Å². The molecule has 0 radical (unpaired) electrons. The van der Waals surface area contributed by atoms with Gasteiger partial charge in [-0.2, -0.15) is 0 Å². The van der Waals surface area contributed by atoms with Gasteiger partial charge in [0.1, 0.15) is 0 Å². The molecule has 0 aliphatic heterocycles. The predicted molar refractivity (Wildman–Crippen MR) is 58.3 cm³/mol. The Kier molecular flexibility index (Phi) is 2.36. The molecular weight excluding hydrogens is 198 g/mol. The Labute approximate surface area is 85.8 Å². The lowest BCUT2D eigenvalue weighted by Crippen LogP contribution is -2.09. The number of nitrogens with one attached hydrogen (secondary N) is 2. The Balaban J connectivity index is 2.23. The first kappa shape index (κ1) is 9.01.